The molecule has 0 aromatic rings. The molecule has 0 saturated heterocycles. The van der Waals surface area contributed by atoms with Crippen molar-refractivity contribution in [3.05, 3.63) is 0 Å². The molecule has 1 rings (SSSR count). The van der Waals surface area contributed by atoms with Gasteiger partial charge in [-0.1, -0.05) is 6.42 Å². The van der Waals surface area contributed by atoms with Crippen molar-refractivity contribution in [1.82, 2.24) is 5.32 Å². The van der Waals surface area contributed by atoms with Crippen LogP contribution in [0.4, 0.5) is 0 Å². The smallest absolute Gasteiger partial charge is 0.250 e. The molecule has 0 aromatic heterocycles. The molecule has 0 radical (unpaired) electrons. The Balaban J connectivity index is 2.14. The monoisotopic (exact) mass is 186 g/mol. The van der Waals surface area contributed by atoms with Gasteiger partial charge in [0, 0.05) is 20.2 Å². The number of amides is 1. The first-order chi connectivity index (χ1) is 6.27. The largest absolute Gasteiger partial charge is 0.370 e. The highest BCUT2D eigenvalue weighted by Crippen LogP contribution is 2.25. The maximum absolute atomic E-state index is 11.3. The van der Waals surface area contributed by atoms with Crippen molar-refractivity contribution in [2.75, 3.05) is 20.2 Å². The van der Waals surface area contributed by atoms with Gasteiger partial charge in [-0.25, -0.2) is 0 Å². The second-order valence-electron chi connectivity index (χ2n) is 3.50. The zero-order chi connectivity index (χ0) is 9.68. The van der Waals surface area contributed by atoms with Gasteiger partial charge < -0.3 is 15.8 Å². The molecule has 0 aromatic carbocycles. The molecule has 3 N–H and O–H groups in total. The lowest BCUT2D eigenvalue weighted by atomic mass is 9.85. The van der Waals surface area contributed by atoms with E-state index in [1.54, 1.807) is 0 Å². The summed E-state index contributed by atoms with van der Waals surface area (Å²) >= 11 is 0. The van der Waals surface area contributed by atoms with E-state index in [0.29, 0.717) is 5.92 Å². The van der Waals surface area contributed by atoms with Gasteiger partial charge in [-0.2, -0.15) is 0 Å². The number of hydrogen-bond donors (Lipinski definition) is 2. The number of rotatable bonds is 5. The first-order valence-electron chi connectivity index (χ1n) is 4.78. The molecule has 4 heteroatoms. The lowest BCUT2D eigenvalue weighted by molar-refractivity contribution is -0.130. The highest BCUT2D eigenvalue weighted by molar-refractivity contribution is 5.80. The minimum atomic E-state index is -0.486. The summed E-state index contributed by atoms with van der Waals surface area (Å²) in [6.07, 6.45) is 3.28. The Morgan fingerprint density at radius 2 is 2.38 bits per heavy atom. The van der Waals surface area contributed by atoms with Crippen molar-refractivity contribution in [3.63, 3.8) is 0 Å². The first kappa shape index (κ1) is 10.5. The molecule has 13 heavy (non-hydrogen) atoms. The SMILES string of the molecule is COC(CN)C(=O)NCC1CCC1. The van der Waals surface area contributed by atoms with Crippen molar-refractivity contribution in [2.45, 2.75) is 25.4 Å². The average molecular weight is 186 g/mol. The van der Waals surface area contributed by atoms with E-state index >= 15 is 0 Å². The van der Waals surface area contributed by atoms with Crippen molar-refractivity contribution < 1.29 is 9.53 Å². The Hall–Kier alpha value is -0.610. The molecule has 0 bridgehead atoms. The van der Waals surface area contributed by atoms with E-state index in [9.17, 15) is 4.79 Å². The van der Waals surface area contributed by atoms with Crippen LogP contribution < -0.4 is 11.1 Å². The van der Waals surface area contributed by atoms with E-state index in [-0.39, 0.29) is 12.5 Å². The number of carbonyl (C=O) groups excluding carboxylic acids is 1. The molecule has 1 unspecified atom stereocenters. The second-order valence-corrected chi connectivity index (χ2v) is 3.50. The van der Waals surface area contributed by atoms with Gasteiger partial charge >= 0.3 is 0 Å². The molecular formula is C9H18N2O2. The molecule has 76 valence electrons. The minimum Gasteiger partial charge on any atom is -0.370 e. The van der Waals surface area contributed by atoms with Crippen molar-refractivity contribution in [1.29, 1.82) is 0 Å². The van der Waals surface area contributed by atoms with Crippen LogP contribution in [0.25, 0.3) is 0 Å². The van der Waals surface area contributed by atoms with E-state index in [1.807, 2.05) is 0 Å². The Morgan fingerprint density at radius 1 is 1.69 bits per heavy atom. The number of methoxy groups -OCH3 is 1. The van der Waals surface area contributed by atoms with Crippen LogP contribution in [-0.4, -0.2) is 32.2 Å². The summed E-state index contributed by atoms with van der Waals surface area (Å²) in [7, 11) is 1.50. The summed E-state index contributed by atoms with van der Waals surface area (Å²) in [5.74, 6) is 0.594. The number of carbonyl (C=O) groups is 1. The van der Waals surface area contributed by atoms with Gasteiger partial charge in [0.2, 0.25) is 5.91 Å². The first-order valence-corrected chi connectivity index (χ1v) is 4.78. The van der Waals surface area contributed by atoms with E-state index in [1.165, 1.54) is 26.4 Å². The molecule has 1 amide bonds. The second kappa shape index (κ2) is 5.19. The van der Waals surface area contributed by atoms with E-state index in [4.69, 9.17) is 10.5 Å². The maximum atomic E-state index is 11.3. The normalized spacial score (nSPS) is 19.2. The summed E-state index contributed by atoms with van der Waals surface area (Å²) in [5, 5.41) is 2.84. The summed E-state index contributed by atoms with van der Waals surface area (Å²) < 4.78 is 4.91. The van der Waals surface area contributed by atoms with Crippen molar-refractivity contribution in [2.24, 2.45) is 11.7 Å². The number of nitrogens with one attached hydrogen (secondary N) is 1. The van der Waals surface area contributed by atoms with Crippen molar-refractivity contribution in [3.8, 4) is 0 Å². The molecule has 0 heterocycles. The molecule has 0 aliphatic heterocycles. The van der Waals surface area contributed by atoms with Gasteiger partial charge in [0.05, 0.1) is 0 Å². The van der Waals surface area contributed by atoms with Gasteiger partial charge in [0.1, 0.15) is 6.10 Å². The minimum absolute atomic E-state index is 0.0862. The molecule has 1 saturated carbocycles. The Kier molecular flexibility index (Phi) is 4.18. The molecule has 1 aliphatic rings. The maximum Gasteiger partial charge on any atom is 0.250 e. The van der Waals surface area contributed by atoms with Crippen molar-refractivity contribution >= 4 is 5.91 Å². The van der Waals surface area contributed by atoms with E-state index < -0.39 is 6.10 Å². The predicted molar refractivity (Wildman–Crippen MR) is 50.2 cm³/mol. The number of ether oxygens (including phenoxy) is 1. The van der Waals surface area contributed by atoms with Crippen LogP contribution >= 0.6 is 0 Å². The van der Waals surface area contributed by atoms with Crippen LogP contribution in [0.5, 0.6) is 0 Å². The topological polar surface area (TPSA) is 64.3 Å². The number of nitrogens with two attached hydrogens (primary N) is 1. The third kappa shape index (κ3) is 2.97. The molecule has 4 nitrogen and oxygen atoms in total. The Bertz CT molecular complexity index is 165. The average Bonchev–Trinajstić information content (AvgIpc) is 2.04. The van der Waals surface area contributed by atoms with Gasteiger partial charge in [-0.15, -0.1) is 0 Å². The Morgan fingerprint density at radius 3 is 2.77 bits per heavy atom. The molecule has 0 spiro atoms. The summed E-state index contributed by atoms with van der Waals surface area (Å²) in [5.41, 5.74) is 5.35. The lowest BCUT2D eigenvalue weighted by Gasteiger charge is -2.26. The summed E-state index contributed by atoms with van der Waals surface area (Å²) in [6, 6.07) is 0. The van der Waals surface area contributed by atoms with Crippen LogP contribution in [0.15, 0.2) is 0 Å². The predicted octanol–water partition coefficient (Wildman–Crippen LogP) is -0.124. The van der Waals surface area contributed by atoms with Gasteiger partial charge in [0.15, 0.2) is 0 Å². The van der Waals surface area contributed by atoms with Crippen LogP contribution in [0.1, 0.15) is 19.3 Å². The standard InChI is InChI=1S/C9H18N2O2/c1-13-8(5-10)9(12)11-6-7-3-2-4-7/h7-8H,2-6,10H2,1H3,(H,11,12). The highest BCUT2D eigenvalue weighted by Gasteiger charge is 2.20. The number of hydrogen-bond acceptors (Lipinski definition) is 3. The third-order valence-corrected chi connectivity index (χ3v) is 2.58. The van der Waals surface area contributed by atoms with Gasteiger partial charge in [-0.05, 0) is 18.8 Å². The van der Waals surface area contributed by atoms with Crippen LogP contribution in [0.2, 0.25) is 0 Å². The molecule has 1 atom stereocenters. The van der Waals surface area contributed by atoms with E-state index in [0.717, 1.165) is 6.54 Å². The van der Waals surface area contributed by atoms with E-state index in [2.05, 4.69) is 5.32 Å². The molecule has 1 aliphatic carbocycles. The van der Waals surface area contributed by atoms with Crippen LogP contribution in [0, 0.1) is 5.92 Å². The zero-order valence-electron chi connectivity index (χ0n) is 8.08. The Labute approximate surface area is 78.8 Å². The zero-order valence-corrected chi connectivity index (χ0v) is 8.08. The van der Waals surface area contributed by atoms with Gasteiger partial charge in [-0.3, -0.25) is 4.79 Å². The molecule has 1 fully saturated rings. The lowest BCUT2D eigenvalue weighted by Crippen LogP contribution is -2.43. The van der Waals surface area contributed by atoms with Crippen LogP contribution in [-0.2, 0) is 9.53 Å². The quantitative estimate of drug-likeness (QED) is 0.629. The van der Waals surface area contributed by atoms with Gasteiger partial charge in [0.25, 0.3) is 0 Å². The fourth-order valence-corrected chi connectivity index (χ4v) is 1.37. The van der Waals surface area contributed by atoms with Crippen LogP contribution in [0.3, 0.4) is 0 Å². The summed E-state index contributed by atoms with van der Waals surface area (Å²) in [6.45, 7) is 1.02. The molecular weight excluding hydrogens is 168 g/mol. The fourth-order valence-electron chi connectivity index (χ4n) is 1.37. The fraction of sp³-hybridized carbons (Fsp3) is 0.889. The summed E-state index contributed by atoms with van der Waals surface area (Å²) in [4.78, 5) is 11.3. The third-order valence-electron chi connectivity index (χ3n) is 2.58. The highest BCUT2D eigenvalue weighted by atomic mass is 16.5.